The molecule has 1 aromatic rings. The number of benzene rings is 1. The van der Waals surface area contributed by atoms with E-state index in [1.807, 2.05) is 24.3 Å². The molecule has 0 spiro atoms. The van der Waals surface area contributed by atoms with Crippen LogP contribution in [0.25, 0.3) is 0 Å². The molecule has 1 aromatic carbocycles. The van der Waals surface area contributed by atoms with Crippen LogP contribution in [0.15, 0.2) is 24.3 Å². The minimum Gasteiger partial charge on any atom is -0.497 e. The molecule has 0 aromatic heterocycles. The molecule has 1 fully saturated rings. The summed E-state index contributed by atoms with van der Waals surface area (Å²) in [5.41, 5.74) is -0.586. The van der Waals surface area contributed by atoms with Crippen molar-refractivity contribution in [3.63, 3.8) is 0 Å². The van der Waals surface area contributed by atoms with Gasteiger partial charge in [-0.05, 0) is 12.1 Å². The van der Waals surface area contributed by atoms with E-state index >= 15 is 0 Å². The van der Waals surface area contributed by atoms with Gasteiger partial charge in [-0.25, -0.2) is 4.79 Å². The average Bonchev–Trinajstić information content (AvgIpc) is 2.39. The van der Waals surface area contributed by atoms with Crippen molar-refractivity contribution in [1.29, 1.82) is 0 Å². The Morgan fingerprint density at radius 2 is 2.06 bits per heavy atom. The molecular weight excluding hydrogens is 234 g/mol. The second-order valence-electron chi connectivity index (χ2n) is 4.53. The Balaban J connectivity index is 2.07. The maximum atomic E-state index is 10.9. The van der Waals surface area contributed by atoms with Gasteiger partial charge in [-0.3, -0.25) is 0 Å². The summed E-state index contributed by atoms with van der Waals surface area (Å²) in [6.07, 6.45) is 0.471. The second kappa shape index (κ2) is 4.86. The number of carbonyl (C=O) groups is 1. The van der Waals surface area contributed by atoms with Crippen molar-refractivity contribution < 1.29 is 19.7 Å². The first kappa shape index (κ1) is 12.7. The van der Waals surface area contributed by atoms with Gasteiger partial charge in [0.05, 0.1) is 7.11 Å². The van der Waals surface area contributed by atoms with Crippen LogP contribution in [0.5, 0.6) is 5.75 Å². The van der Waals surface area contributed by atoms with Gasteiger partial charge in [-0.1, -0.05) is 6.07 Å². The molecule has 2 N–H and O–H groups in total. The molecule has 5 heteroatoms. The summed E-state index contributed by atoms with van der Waals surface area (Å²) in [5, 5.41) is 18.8. The third-order valence-corrected chi connectivity index (χ3v) is 3.41. The Kier molecular flexibility index (Phi) is 3.43. The van der Waals surface area contributed by atoms with E-state index in [9.17, 15) is 9.90 Å². The summed E-state index contributed by atoms with van der Waals surface area (Å²) in [4.78, 5) is 13.0. The molecule has 0 atom stereocenters. The zero-order valence-electron chi connectivity index (χ0n) is 10.3. The van der Waals surface area contributed by atoms with Gasteiger partial charge in [0, 0.05) is 37.7 Å². The molecule has 5 nitrogen and oxygen atoms in total. The number of carboxylic acid groups (broad SMARTS) is 1. The van der Waals surface area contributed by atoms with Gasteiger partial charge in [-0.2, -0.15) is 0 Å². The predicted molar refractivity (Wildman–Crippen MR) is 67.0 cm³/mol. The summed E-state index contributed by atoms with van der Waals surface area (Å²) in [6.45, 7) is 1.05. The van der Waals surface area contributed by atoms with E-state index in [-0.39, 0.29) is 12.8 Å². The molecular formula is C13H17NO4. The number of methoxy groups -OCH3 is 1. The van der Waals surface area contributed by atoms with Crippen LogP contribution >= 0.6 is 0 Å². The normalized spacial score (nSPS) is 18.4. The predicted octanol–water partition coefficient (Wildman–Crippen LogP) is 1.11. The molecule has 1 saturated heterocycles. The largest absolute Gasteiger partial charge is 0.497 e. The molecule has 2 rings (SSSR count). The summed E-state index contributed by atoms with van der Waals surface area (Å²) in [5.74, 6) is -0.362. The number of carboxylic acids is 1. The van der Waals surface area contributed by atoms with Crippen LogP contribution in [-0.2, 0) is 4.79 Å². The molecule has 0 unspecified atom stereocenters. The Hall–Kier alpha value is -1.75. The van der Waals surface area contributed by atoms with E-state index < -0.39 is 11.6 Å². The lowest BCUT2D eigenvalue weighted by molar-refractivity contribution is -0.160. The van der Waals surface area contributed by atoms with E-state index in [0.29, 0.717) is 13.1 Å². The van der Waals surface area contributed by atoms with Gasteiger partial charge in [0.2, 0.25) is 0 Å². The van der Waals surface area contributed by atoms with E-state index in [0.717, 1.165) is 11.4 Å². The first-order chi connectivity index (χ1) is 8.55. The van der Waals surface area contributed by atoms with Gasteiger partial charge in [-0.15, -0.1) is 0 Å². The quantitative estimate of drug-likeness (QED) is 0.842. The van der Waals surface area contributed by atoms with E-state index in [1.165, 1.54) is 0 Å². The average molecular weight is 251 g/mol. The van der Waals surface area contributed by atoms with Crippen molar-refractivity contribution in [3.8, 4) is 5.75 Å². The van der Waals surface area contributed by atoms with Crippen molar-refractivity contribution >= 4 is 11.7 Å². The van der Waals surface area contributed by atoms with Gasteiger partial charge in [0.25, 0.3) is 0 Å². The highest BCUT2D eigenvalue weighted by Gasteiger charge is 2.39. The first-order valence-corrected chi connectivity index (χ1v) is 5.90. The van der Waals surface area contributed by atoms with Crippen LogP contribution in [0.4, 0.5) is 5.69 Å². The number of ether oxygens (including phenoxy) is 1. The van der Waals surface area contributed by atoms with Crippen LogP contribution in [0, 0.1) is 0 Å². The van der Waals surface area contributed by atoms with Gasteiger partial charge < -0.3 is 19.8 Å². The molecule has 0 bridgehead atoms. The molecule has 0 aliphatic carbocycles. The number of anilines is 1. The van der Waals surface area contributed by atoms with E-state index in [4.69, 9.17) is 9.84 Å². The van der Waals surface area contributed by atoms with E-state index in [2.05, 4.69) is 4.90 Å². The Morgan fingerprint density at radius 1 is 1.39 bits per heavy atom. The molecule has 0 saturated carbocycles. The van der Waals surface area contributed by atoms with Crippen LogP contribution in [0.2, 0.25) is 0 Å². The number of piperidine rings is 1. The van der Waals surface area contributed by atoms with Crippen LogP contribution in [0.1, 0.15) is 12.8 Å². The SMILES string of the molecule is COc1cccc(N2CCC(O)(C(=O)O)CC2)c1. The fourth-order valence-electron chi connectivity index (χ4n) is 2.16. The van der Waals surface area contributed by atoms with E-state index in [1.54, 1.807) is 7.11 Å². The molecule has 1 aliphatic rings. The van der Waals surface area contributed by atoms with Crippen molar-refractivity contribution in [2.45, 2.75) is 18.4 Å². The molecule has 98 valence electrons. The Morgan fingerprint density at radius 3 is 2.61 bits per heavy atom. The first-order valence-electron chi connectivity index (χ1n) is 5.90. The minimum atomic E-state index is -1.57. The van der Waals surface area contributed by atoms with Crippen LogP contribution < -0.4 is 9.64 Å². The fourth-order valence-corrected chi connectivity index (χ4v) is 2.16. The topological polar surface area (TPSA) is 70.0 Å². The molecule has 1 aliphatic heterocycles. The number of nitrogens with zero attached hydrogens (tertiary/aromatic N) is 1. The number of aliphatic hydroxyl groups is 1. The summed E-state index contributed by atoms with van der Waals surface area (Å²) in [7, 11) is 1.61. The van der Waals surface area contributed by atoms with Crippen molar-refractivity contribution in [2.75, 3.05) is 25.1 Å². The summed E-state index contributed by atoms with van der Waals surface area (Å²) >= 11 is 0. The highest BCUT2D eigenvalue weighted by atomic mass is 16.5. The summed E-state index contributed by atoms with van der Waals surface area (Å²) in [6, 6.07) is 7.62. The molecule has 0 amide bonds. The van der Waals surface area contributed by atoms with Crippen molar-refractivity contribution in [3.05, 3.63) is 24.3 Å². The number of hydrogen-bond donors (Lipinski definition) is 2. The number of hydrogen-bond acceptors (Lipinski definition) is 4. The molecule has 18 heavy (non-hydrogen) atoms. The Labute approximate surface area is 106 Å². The van der Waals surface area contributed by atoms with Crippen molar-refractivity contribution in [1.82, 2.24) is 0 Å². The monoisotopic (exact) mass is 251 g/mol. The maximum Gasteiger partial charge on any atom is 0.335 e. The third-order valence-electron chi connectivity index (χ3n) is 3.41. The number of aliphatic carboxylic acids is 1. The van der Waals surface area contributed by atoms with Crippen LogP contribution in [0.3, 0.4) is 0 Å². The van der Waals surface area contributed by atoms with Gasteiger partial charge in [0.15, 0.2) is 5.60 Å². The third kappa shape index (κ3) is 2.41. The molecule has 0 radical (unpaired) electrons. The van der Waals surface area contributed by atoms with Crippen LogP contribution in [-0.4, -0.2) is 42.0 Å². The molecule has 1 heterocycles. The lowest BCUT2D eigenvalue weighted by Crippen LogP contribution is -2.49. The maximum absolute atomic E-state index is 10.9. The minimum absolute atomic E-state index is 0.236. The van der Waals surface area contributed by atoms with Gasteiger partial charge >= 0.3 is 5.97 Å². The van der Waals surface area contributed by atoms with Crippen molar-refractivity contribution in [2.24, 2.45) is 0 Å². The lowest BCUT2D eigenvalue weighted by Gasteiger charge is -2.36. The lowest BCUT2D eigenvalue weighted by atomic mass is 9.91. The highest BCUT2D eigenvalue weighted by Crippen LogP contribution is 2.28. The zero-order valence-corrected chi connectivity index (χ0v) is 10.3. The Bertz CT molecular complexity index is 438. The second-order valence-corrected chi connectivity index (χ2v) is 4.53. The zero-order chi connectivity index (χ0) is 13.2. The van der Waals surface area contributed by atoms with Gasteiger partial charge in [0.1, 0.15) is 5.75 Å². The highest BCUT2D eigenvalue weighted by molar-refractivity contribution is 5.77. The standard InChI is InChI=1S/C13H17NO4/c1-18-11-4-2-3-10(9-11)14-7-5-13(17,6-8-14)12(15)16/h2-4,9,17H,5-8H2,1H3,(H,15,16). The smallest absolute Gasteiger partial charge is 0.335 e. The fraction of sp³-hybridized carbons (Fsp3) is 0.462. The number of rotatable bonds is 3. The summed E-state index contributed by atoms with van der Waals surface area (Å²) < 4.78 is 5.15.